The molecule has 3 aromatic heterocycles. The van der Waals surface area contributed by atoms with Crippen LogP contribution in [0, 0.1) is 0 Å². The lowest BCUT2D eigenvalue weighted by atomic mass is 9.86. The standard InChI is InChI=1S/C57H37N7/c1-4-18-39(19-5-1)52-59-53(40-20-6-2-7-21-40)61-55(60-52)44-26-14-25-43(36-44)51-47(46-27-16-34-58-37-46)30-15-31-49(51)48-28-12-13-29-50(48)57-63-54(41-22-8-3-9-23-41)62-56(64-57)45-33-32-38-17-10-11-24-42(38)35-45/h1-37H. The van der Waals surface area contributed by atoms with E-state index in [9.17, 15) is 0 Å². The molecule has 0 bridgehead atoms. The van der Waals surface area contributed by atoms with Crippen molar-refractivity contribution in [2.75, 3.05) is 0 Å². The van der Waals surface area contributed by atoms with Gasteiger partial charge in [0.05, 0.1) is 0 Å². The van der Waals surface area contributed by atoms with E-state index in [4.69, 9.17) is 29.9 Å². The van der Waals surface area contributed by atoms with Gasteiger partial charge in [0.25, 0.3) is 0 Å². The van der Waals surface area contributed by atoms with Crippen molar-refractivity contribution < 1.29 is 0 Å². The fraction of sp³-hybridized carbons (Fsp3) is 0. The largest absolute Gasteiger partial charge is 0.264 e. The van der Waals surface area contributed by atoms with Crippen molar-refractivity contribution in [3.63, 3.8) is 0 Å². The molecular formula is C57H37N7. The molecule has 0 saturated heterocycles. The highest BCUT2D eigenvalue weighted by Gasteiger charge is 2.21. The fourth-order valence-corrected chi connectivity index (χ4v) is 8.19. The van der Waals surface area contributed by atoms with E-state index in [0.29, 0.717) is 34.9 Å². The van der Waals surface area contributed by atoms with Gasteiger partial charge in [-0.05, 0) is 56.8 Å². The summed E-state index contributed by atoms with van der Waals surface area (Å²) >= 11 is 0. The fourth-order valence-electron chi connectivity index (χ4n) is 8.19. The summed E-state index contributed by atoms with van der Waals surface area (Å²) in [5, 5.41) is 2.27. The molecule has 0 N–H and O–H groups in total. The molecule has 64 heavy (non-hydrogen) atoms. The Balaban J connectivity index is 1.11. The maximum Gasteiger partial charge on any atom is 0.164 e. The second-order valence-corrected chi connectivity index (χ2v) is 15.4. The number of hydrogen-bond donors (Lipinski definition) is 0. The molecule has 0 atom stereocenters. The van der Waals surface area contributed by atoms with Crippen LogP contribution in [-0.4, -0.2) is 34.9 Å². The molecule has 7 heteroatoms. The third-order valence-corrected chi connectivity index (χ3v) is 11.3. The van der Waals surface area contributed by atoms with Crippen LogP contribution in [0.25, 0.3) is 112 Å². The summed E-state index contributed by atoms with van der Waals surface area (Å²) in [6.07, 6.45) is 3.72. The van der Waals surface area contributed by atoms with Crippen LogP contribution in [0.2, 0.25) is 0 Å². The van der Waals surface area contributed by atoms with Crippen LogP contribution in [0.4, 0.5) is 0 Å². The molecular weight excluding hydrogens is 783 g/mol. The normalized spacial score (nSPS) is 11.1. The topological polar surface area (TPSA) is 90.2 Å². The van der Waals surface area contributed by atoms with Crippen LogP contribution in [-0.2, 0) is 0 Å². The SMILES string of the molecule is c1ccc(-c2nc(-c3ccccc3)nc(-c3cccc(-c4c(-c5cccnc5)cccc4-c4ccccc4-c4nc(-c5ccccc5)nc(-c5ccc6ccccc6c5)n4)c3)n2)cc1. The molecule has 0 spiro atoms. The molecule has 300 valence electrons. The molecule has 11 aromatic rings. The average molecular weight is 820 g/mol. The van der Waals surface area contributed by atoms with Crippen molar-refractivity contribution in [3.8, 4) is 102 Å². The summed E-state index contributed by atoms with van der Waals surface area (Å²) in [5.74, 6) is 3.57. The van der Waals surface area contributed by atoms with E-state index in [-0.39, 0.29) is 0 Å². The van der Waals surface area contributed by atoms with Crippen LogP contribution >= 0.6 is 0 Å². The first kappa shape index (κ1) is 38.1. The van der Waals surface area contributed by atoms with Crippen LogP contribution in [0.3, 0.4) is 0 Å². The van der Waals surface area contributed by atoms with Crippen LogP contribution < -0.4 is 0 Å². The van der Waals surface area contributed by atoms with Crippen molar-refractivity contribution in [3.05, 3.63) is 225 Å². The molecule has 0 aliphatic heterocycles. The highest BCUT2D eigenvalue weighted by Crippen LogP contribution is 2.44. The molecule has 3 heterocycles. The number of fused-ring (bicyclic) bond motifs is 1. The molecule has 0 unspecified atom stereocenters. The van der Waals surface area contributed by atoms with Gasteiger partial charge in [0, 0.05) is 51.3 Å². The van der Waals surface area contributed by atoms with Crippen molar-refractivity contribution >= 4 is 10.8 Å². The molecule has 0 saturated carbocycles. The lowest BCUT2D eigenvalue weighted by Crippen LogP contribution is -2.02. The summed E-state index contributed by atoms with van der Waals surface area (Å²) in [6, 6.07) is 72.2. The van der Waals surface area contributed by atoms with Crippen molar-refractivity contribution in [1.82, 2.24) is 34.9 Å². The number of nitrogens with zero attached hydrogens (tertiary/aromatic N) is 7. The van der Waals surface area contributed by atoms with Crippen LogP contribution in [0.15, 0.2) is 225 Å². The van der Waals surface area contributed by atoms with E-state index in [0.717, 1.165) is 77.5 Å². The number of aromatic nitrogens is 7. The second-order valence-electron chi connectivity index (χ2n) is 15.4. The molecule has 0 aliphatic rings. The molecule has 0 radical (unpaired) electrons. The first-order chi connectivity index (χ1) is 31.7. The van der Waals surface area contributed by atoms with Gasteiger partial charge in [0.2, 0.25) is 0 Å². The van der Waals surface area contributed by atoms with Crippen LogP contribution in [0.1, 0.15) is 0 Å². The first-order valence-electron chi connectivity index (χ1n) is 21.1. The highest BCUT2D eigenvalue weighted by molar-refractivity contribution is 5.98. The zero-order valence-electron chi connectivity index (χ0n) is 34.5. The smallest absolute Gasteiger partial charge is 0.164 e. The zero-order valence-corrected chi connectivity index (χ0v) is 34.5. The predicted molar refractivity (Wildman–Crippen MR) is 257 cm³/mol. The van der Waals surface area contributed by atoms with Crippen molar-refractivity contribution in [2.45, 2.75) is 0 Å². The lowest BCUT2D eigenvalue weighted by molar-refractivity contribution is 1.07. The Hall–Kier alpha value is -8.81. The maximum atomic E-state index is 5.24. The number of hydrogen-bond acceptors (Lipinski definition) is 7. The minimum Gasteiger partial charge on any atom is -0.264 e. The van der Waals surface area contributed by atoms with Crippen molar-refractivity contribution in [1.29, 1.82) is 0 Å². The van der Waals surface area contributed by atoms with E-state index in [1.807, 2.05) is 109 Å². The highest BCUT2D eigenvalue weighted by atomic mass is 15.0. The first-order valence-corrected chi connectivity index (χ1v) is 21.1. The molecule has 0 fully saturated rings. The Labute approximate surface area is 370 Å². The number of pyridine rings is 1. The summed E-state index contributed by atoms with van der Waals surface area (Å²) < 4.78 is 0. The molecule has 11 rings (SSSR count). The maximum absolute atomic E-state index is 5.24. The average Bonchev–Trinajstić information content (AvgIpc) is 3.39. The van der Waals surface area contributed by atoms with Gasteiger partial charge in [-0.15, -0.1) is 0 Å². The minimum atomic E-state index is 0.575. The second kappa shape index (κ2) is 16.9. The summed E-state index contributed by atoms with van der Waals surface area (Å²) in [6.45, 7) is 0. The quantitative estimate of drug-likeness (QED) is 0.143. The Morgan fingerprint density at radius 1 is 0.234 bits per heavy atom. The summed E-state index contributed by atoms with van der Waals surface area (Å²) in [5.41, 5.74) is 11.4. The zero-order chi connectivity index (χ0) is 42.7. The Morgan fingerprint density at radius 2 is 0.672 bits per heavy atom. The van der Waals surface area contributed by atoms with Gasteiger partial charge in [-0.1, -0.05) is 194 Å². The van der Waals surface area contributed by atoms with E-state index in [1.54, 1.807) is 6.20 Å². The van der Waals surface area contributed by atoms with E-state index in [1.165, 1.54) is 0 Å². The number of benzene rings is 8. The monoisotopic (exact) mass is 819 g/mol. The van der Waals surface area contributed by atoms with E-state index >= 15 is 0 Å². The third kappa shape index (κ3) is 7.59. The Bertz CT molecular complexity index is 3380. The van der Waals surface area contributed by atoms with Gasteiger partial charge in [-0.2, -0.15) is 0 Å². The van der Waals surface area contributed by atoms with Gasteiger partial charge in [0.15, 0.2) is 34.9 Å². The van der Waals surface area contributed by atoms with Gasteiger partial charge in [-0.25, -0.2) is 29.9 Å². The molecule has 7 nitrogen and oxygen atoms in total. The third-order valence-electron chi connectivity index (χ3n) is 11.3. The minimum absolute atomic E-state index is 0.575. The molecule has 0 amide bonds. The molecule has 8 aromatic carbocycles. The Kier molecular flexibility index (Phi) is 10.1. The lowest BCUT2D eigenvalue weighted by Gasteiger charge is -2.19. The van der Waals surface area contributed by atoms with Gasteiger partial charge >= 0.3 is 0 Å². The van der Waals surface area contributed by atoms with E-state index < -0.39 is 0 Å². The molecule has 0 aliphatic carbocycles. The van der Waals surface area contributed by atoms with Crippen LogP contribution in [0.5, 0.6) is 0 Å². The van der Waals surface area contributed by atoms with Gasteiger partial charge in [-0.3, -0.25) is 4.98 Å². The van der Waals surface area contributed by atoms with Gasteiger partial charge in [0.1, 0.15) is 0 Å². The predicted octanol–water partition coefficient (Wildman–Crippen LogP) is 13.6. The Morgan fingerprint density at radius 3 is 1.28 bits per heavy atom. The number of rotatable bonds is 9. The summed E-state index contributed by atoms with van der Waals surface area (Å²) in [7, 11) is 0. The van der Waals surface area contributed by atoms with Gasteiger partial charge < -0.3 is 0 Å². The van der Waals surface area contributed by atoms with Crippen molar-refractivity contribution in [2.24, 2.45) is 0 Å². The van der Waals surface area contributed by atoms with E-state index in [2.05, 4.69) is 114 Å². The summed E-state index contributed by atoms with van der Waals surface area (Å²) in [4.78, 5) is 35.2.